The zero-order valence-electron chi connectivity index (χ0n) is 12.5. The van der Waals surface area contributed by atoms with Crippen LogP contribution >= 0.6 is 0 Å². The fraction of sp³-hybridized carbons (Fsp3) is 0.643. The van der Waals surface area contributed by atoms with Gasteiger partial charge in [-0.2, -0.15) is 0 Å². The fourth-order valence-corrected chi connectivity index (χ4v) is 1.89. The minimum absolute atomic E-state index is 0.385. The Bertz CT molecular complexity index is 464. The second-order valence-electron chi connectivity index (χ2n) is 6.59. The van der Waals surface area contributed by atoms with Crippen molar-refractivity contribution in [1.29, 1.82) is 0 Å². The third-order valence-electron chi connectivity index (χ3n) is 3.89. The lowest BCUT2D eigenvalue weighted by Gasteiger charge is -2.32. The lowest BCUT2D eigenvalue weighted by Crippen LogP contribution is -2.41. The quantitative estimate of drug-likeness (QED) is 0.823. The molecule has 0 bridgehead atoms. The van der Waals surface area contributed by atoms with Crippen molar-refractivity contribution in [2.45, 2.75) is 58.3 Å². The predicted octanol–water partition coefficient (Wildman–Crippen LogP) is 1.61. The smallest absolute Gasteiger partial charge is 0.398 e. The van der Waals surface area contributed by atoms with Gasteiger partial charge in [0.1, 0.15) is 5.60 Å². The molecule has 19 heavy (non-hydrogen) atoms. The Balaban J connectivity index is 2.30. The van der Waals surface area contributed by atoms with E-state index in [2.05, 4.69) is 4.98 Å². The Morgan fingerprint density at radius 1 is 1.11 bits per heavy atom. The van der Waals surface area contributed by atoms with Gasteiger partial charge >= 0.3 is 7.12 Å². The highest BCUT2D eigenvalue weighted by Gasteiger charge is 2.52. The van der Waals surface area contributed by atoms with Gasteiger partial charge in [-0.1, -0.05) is 6.07 Å². The maximum atomic E-state index is 10.0. The second-order valence-corrected chi connectivity index (χ2v) is 6.59. The molecule has 0 unspecified atom stereocenters. The van der Waals surface area contributed by atoms with Gasteiger partial charge in [0.15, 0.2) is 0 Å². The molecular weight excluding hydrogens is 241 g/mol. The SMILES string of the molecule is CC(C)(O)c1cccc(B2OC(C)(C)C(C)(C)O2)n1. The lowest BCUT2D eigenvalue weighted by atomic mass is 9.83. The number of aliphatic hydroxyl groups is 1. The molecule has 0 aromatic carbocycles. The van der Waals surface area contributed by atoms with Gasteiger partial charge < -0.3 is 14.4 Å². The highest BCUT2D eigenvalue weighted by atomic mass is 16.7. The molecule has 1 aromatic heterocycles. The minimum atomic E-state index is -0.973. The summed E-state index contributed by atoms with van der Waals surface area (Å²) in [6, 6.07) is 5.52. The molecule has 0 saturated carbocycles. The molecule has 104 valence electrons. The lowest BCUT2D eigenvalue weighted by molar-refractivity contribution is 0.00578. The first-order valence-corrected chi connectivity index (χ1v) is 6.58. The van der Waals surface area contributed by atoms with E-state index in [0.29, 0.717) is 11.3 Å². The van der Waals surface area contributed by atoms with Crippen LogP contribution in [0.1, 0.15) is 47.2 Å². The molecule has 1 fully saturated rings. The molecule has 1 aromatic rings. The van der Waals surface area contributed by atoms with E-state index in [1.165, 1.54) is 0 Å². The predicted molar refractivity (Wildman–Crippen MR) is 75.2 cm³/mol. The maximum absolute atomic E-state index is 10.0. The molecule has 1 saturated heterocycles. The molecule has 2 heterocycles. The Labute approximate surface area is 115 Å². The summed E-state index contributed by atoms with van der Waals surface area (Å²) in [5.41, 5.74) is -0.439. The third-order valence-corrected chi connectivity index (χ3v) is 3.89. The van der Waals surface area contributed by atoms with Crippen molar-refractivity contribution in [2.24, 2.45) is 0 Å². The normalized spacial score (nSPS) is 21.7. The number of aromatic nitrogens is 1. The van der Waals surface area contributed by atoms with Gasteiger partial charge in [0, 0.05) is 0 Å². The molecule has 0 spiro atoms. The van der Waals surface area contributed by atoms with Gasteiger partial charge in [-0.25, -0.2) is 0 Å². The highest BCUT2D eigenvalue weighted by Crippen LogP contribution is 2.36. The summed E-state index contributed by atoms with van der Waals surface area (Å²) in [6.45, 7) is 11.5. The van der Waals surface area contributed by atoms with Crippen molar-refractivity contribution in [3.05, 3.63) is 23.9 Å². The van der Waals surface area contributed by atoms with Crippen molar-refractivity contribution >= 4 is 12.7 Å². The Morgan fingerprint density at radius 2 is 1.63 bits per heavy atom. The van der Waals surface area contributed by atoms with Crippen molar-refractivity contribution in [3.8, 4) is 0 Å². The number of pyridine rings is 1. The largest absolute Gasteiger partial charge is 0.514 e. The van der Waals surface area contributed by atoms with Crippen LogP contribution in [0.5, 0.6) is 0 Å². The number of hydrogen-bond donors (Lipinski definition) is 1. The third kappa shape index (κ3) is 2.68. The zero-order chi connectivity index (χ0) is 14.5. The molecule has 0 aliphatic carbocycles. The molecule has 1 aliphatic rings. The monoisotopic (exact) mass is 263 g/mol. The van der Waals surface area contributed by atoms with E-state index >= 15 is 0 Å². The molecule has 2 rings (SSSR count). The Kier molecular flexibility index (Phi) is 3.28. The Hall–Kier alpha value is -0.905. The summed E-state index contributed by atoms with van der Waals surface area (Å²) in [5.74, 6) is 0. The van der Waals surface area contributed by atoms with Gasteiger partial charge in [-0.15, -0.1) is 0 Å². The van der Waals surface area contributed by atoms with Gasteiger partial charge in [-0.3, -0.25) is 4.98 Å². The molecule has 1 aliphatic heterocycles. The van der Waals surface area contributed by atoms with E-state index < -0.39 is 12.7 Å². The van der Waals surface area contributed by atoms with Crippen LogP contribution in [0.15, 0.2) is 18.2 Å². The number of nitrogens with zero attached hydrogens (tertiary/aromatic N) is 1. The molecule has 0 radical (unpaired) electrons. The molecule has 4 nitrogen and oxygen atoms in total. The van der Waals surface area contributed by atoms with E-state index in [1.807, 2.05) is 39.8 Å². The van der Waals surface area contributed by atoms with E-state index in [4.69, 9.17) is 9.31 Å². The summed E-state index contributed by atoms with van der Waals surface area (Å²) < 4.78 is 11.9. The minimum Gasteiger partial charge on any atom is -0.398 e. The van der Waals surface area contributed by atoms with Gasteiger partial charge in [0.05, 0.1) is 22.5 Å². The number of hydrogen-bond acceptors (Lipinski definition) is 4. The molecule has 0 atom stereocenters. The van der Waals surface area contributed by atoms with Crippen LogP contribution in [0, 0.1) is 0 Å². The van der Waals surface area contributed by atoms with E-state index in [9.17, 15) is 5.11 Å². The van der Waals surface area contributed by atoms with Crippen LogP contribution < -0.4 is 5.59 Å². The summed E-state index contributed by atoms with van der Waals surface area (Å²) >= 11 is 0. The van der Waals surface area contributed by atoms with Crippen LogP contribution in [0.3, 0.4) is 0 Å². The first kappa shape index (κ1) is 14.5. The van der Waals surface area contributed by atoms with Crippen molar-refractivity contribution in [2.75, 3.05) is 0 Å². The van der Waals surface area contributed by atoms with Crippen molar-refractivity contribution in [3.63, 3.8) is 0 Å². The first-order valence-electron chi connectivity index (χ1n) is 6.58. The second kappa shape index (κ2) is 4.30. The average Bonchev–Trinajstić information content (AvgIpc) is 2.47. The summed E-state index contributed by atoms with van der Waals surface area (Å²) in [7, 11) is -0.493. The standard InChI is InChI=1S/C14H22BNO3/c1-12(2,17)10-8-7-9-11(16-10)15-18-13(3,4)14(5,6)19-15/h7-9,17H,1-6H3. The van der Waals surface area contributed by atoms with Gasteiger partial charge in [0.25, 0.3) is 0 Å². The molecule has 0 amide bonds. The maximum Gasteiger partial charge on any atom is 0.514 e. The topological polar surface area (TPSA) is 51.6 Å². The fourth-order valence-electron chi connectivity index (χ4n) is 1.89. The van der Waals surface area contributed by atoms with Crippen molar-refractivity contribution in [1.82, 2.24) is 4.98 Å². The summed E-state index contributed by atoms with van der Waals surface area (Å²) in [4.78, 5) is 4.46. The molecule has 5 heteroatoms. The van der Waals surface area contributed by atoms with E-state index in [0.717, 1.165) is 0 Å². The zero-order valence-corrected chi connectivity index (χ0v) is 12.5. The van der Waals surface area contributed by atoms with Crippen LogP contribution in [-0.2, 0) is 14.9 Å². The first-order chi connectivity index (χ1) is 8.53. The molecular formula is C14H22BNO3. The van der Waals surface area contributed by atoms with E-state index in [1.54, 1.807) is 19.9 Å². The van der Waals surface area contributed by atoms with Crippen molar-refractivity contribution < 1.29 is 14.4 Å². The average molecular weight is 263 g/mol. The highest BCUT2D eigenvalue weighted by molar-refractivity contribution is 6.61. The number of rotatable bonds is 2. The van der Waals surface area contributed by atoms with Gasteiger partial charge in [-0.05, 0) is 53.7 Å². The van der Waals surface area contributed by atoms with Gasteiger partial charge in [0.2, 0.25) is 0 Å². The van der Waals surface area contributed by atoms with E-state index in [-0.39, 0.29) is 11.2 Å². The van der Waals surface area contributed by atoms with Crippen LogP contribution in [0.2, 0.25) is 0 Å². The van der Waals surface area contributed by atoms with Crippen LogP contribution in [0.25, 0.3) is 0 Å². The Morgan fingerprint density at radius 3 is 2.11 bits per heavy atom. The summed E-state index contributed by atoms with van der Waals surface area (Å²) in [6.07, 6.45) is 0. The van der Waals surface area contributed by atoms with Crippen LogP contribution in [-0.4, -0.2) is 28.4 Å². The molecule has 1 N–H and O–H groups in total. The van der Waals surface area contributed by atoms with Crippen LogP contribution in [0.4, 0.5) is 0 Å². The summed E-state index contributed by atoms with van der Waals surface area (Å²) in [5, 5.41) is 10.0.